The molecule has 0 bridgehead atoms. The van der Waals surface area contributed by atoms with Crippen LogP contribution in [0.3, 0.4) is 0 Å². The normalized spacial score (nSPS) is 14.5. The zero-order valence-corrected chi connectivity index (χ0v) is 15.3. The zero-order chi connectivity index (χ0) is 15.9. The second-order valence-electron chi connectivity index (χ2n) is 8.52. The van der Waals surface area contributed by atoms with Crippen LogP contribution in [0.25, 0.3) is 0 Å². The average Bonchev–Trinajstić information content (AvgIpc) is 2.08. The molecule has 0 rings (SSSR count). The van der Waals surface area contributed by atoms with Gasteiger partial charge in [0, 0.05) is 12.1 Å². The Bertz CT molecular complexity index is 398. The first kappa shape index (κ1) is 29.9. The van der Waals surface area contributed by atoms with Crippen LogP contribution in [-0.4, -0.2) is 31.1 Å². The van der Waals surface area contributed by atoms with Gasteiger partial charge in [-0.1, -0.05) is 63.8 Å². The topological polar surface area (TPSA) is 37.4 Å². The minimum absolute atomic E-state index is 0. The minimum Gasteiger partial charge on any atom is -0.212 e. The minimum atomic E-state index is -3.20. The highest BCUT2D eigenvalue weighted by Crippen LogP contribution is 2.41. The molecule has 0 saturated carbocycles. The predicted octanol–water partition coefficient (Wildman–Crippen LogP) is 5.66. The molecule has 0 amide bonds. The van der Waals surface area contributed by atoms with Gasteiger partial charge in [0.15, 0.2) is 0 Å². The van der Waals surface area contributed by atoms with E-state index >= 15 is 0 Å². The van der Waals surface area contributed by atoms with E-state index in [1.807, 2.05) is 20.8 Å². The lowest BCUT2D eigenvalue weighted by atomic mass is 9.66. The monoisotopic (exact) mass is 339 g/mol. The fourth-order valence-corrected chi connectivity index (χ4v) is 4.09. The van der Waals surface area contributed by atoms with Gasteiger partial charge >= 0.3 is 0 Å². The third kappa shape index (κ3) is 8.52. The van der Waals surface area contributed by atoms with Crippen molar-refractivity contribution < 1.29 is 8.42 Å². The van der Waals surface area contributed by atoms with Crippen LogP contribution >= 0.6 is 0 Å². The van der Waals surface area contributed by atoms with Crippen molar-refractivity contribution in [2.75, 3.05) is 12.8 Å². The van der Waals surface area contributed by atoms with Crippen molar-refractivity contribution in [3.63, 3.8) is 0 Å². The van der Waals surface area contributed by atoms with E-state index in [4.69, 9.17) is 0 Å². The van der Waals surface area contributed by atoms with Crippen molar-refractivity contribution in [1.29, 1.82) is 0 Å². The van der Waals surface area contributed by atoms with Crippen LogP contribution in [0.5, 0.6) is 0 Å². The number of hydrogen-bond donors (Lipinski definition) is 0. The molecule has 0 heterocycles. The van der Waals surface area contributed by atoms with Gasteiger partial charge in [-0.15, -0.1) is 0 Å². The number of nitrogens with zero attached hydrogens (tertiary/aromatic N) is 1. The molecule has 0 fully saturated rings. The molecule has 0 aliphatic heterocycles. The first-order valence-electron chi connectivity index (χ1n) is 6.97. The summed E-state index contributed by atoms with van der Waals surface area (Å²) in [5, 5.41) is 0. The average molecular weight is 340 g/mol. The number of hydrogen-bond acceptors (Lipinski definition) is 2. The van der Waals surface area contributed by atoms with Gasteiger partial charge in [0.2, 0.25) is 10.0 Å². The van der Waals surface area contributed by atoms with Crippen molar-refractivity contribution in [1.82, 2.24) is 4.31 Å². The zero-order valence-electron chi connectivity index (χ0n) is 14.5. The van der Waals surface area contributed by atoms with E-state index in [1.165, 1.54) is 6.26 Å². The van der Waals surface area contributed by atoms with Gasteiger partial charge in [0.25, 0.3) is 0 Å². The maximum absolute atomic E-state index is 12.1. The molecule has 0 aromatic heterocycles. The summed E-state index contributed by atoms with van der Waals surface area (Å²) >= 11 is 0. The molecule has 0 aliphatic rings. The SMILES string of the molecule is C.C.C.CC(C(C)(C)C)C(C)(C)CN(C(C)(C)C)S(C)(=O)=O. The first-order chi connectivity index (χ1) is 7.99. The van der Waals surface area contributed by atoms with Crippen molar-refractivity contribution in [3.05, 3.63) is 0 Å². The molecule has 0 aliphatic carbocycles. The lowest BCUT2D eigenvalue weighted by molar-refractivity contribution is 0.0631. The molecule has 0 radical (unpaired) electrons. The Hall–Kier alpha value is -0.0900. The molecule has 0 aromatic carbocycles. The Morgan fingerprint density at radius 2 is 1.18 bits per heavy atom. The van der Waals surface area contributed by atoms with Gasteiger partial charge < -0.3 is 0 Å². The summed E-state index contributed by atoms with van der Waals surface area (Å²) in [4.78, 5) is 0. The Morgan fingerprint density at radius 3 is 1.36 bits per heavy atom. The molecule has 1 unspecified atom stereocenters. The summed E-state index contributed by atoms with van der Waals surface area (Å²) in [6.45, 7) is 19.6. The second kappa shape index (κ2) is 8.68. The van der Waals surface area contributed by atoms with Gasteiger partial charge in [0.1, 0.15) is 0 Å². The van der Waals surface area contributed by atoms with E-state index in [0.29, 0.717) is 12.5 Å². The van der Waals surface area contributed by atoms with Crippen LogP contribution in [0.4, 0.5) is 0 Å². The fraction of sp³-hybridized carbons (Fsp3) is 1.00. The van der Waals surface area contributed by atoms with E-state index in [1.54, 1.807) is 4.31 Å². The quantitative estimate of drug-likeness (QED) is 0.662. The van der Waals surface area contributed by atoms with Crippen molar-refractivity contribution in [3.8, 4) is 0 Å². The highest BCUT2D eigenvalue weighted by Gasteiger charge is 2.40. The van der Waals surface area contributed by atoms with Gasteiger partial charge in [-0.25, -0.2) is 8.42 Å². The number of sulfonamides is 1. The molecule has 4 heteroatoms. The van der Waals surface area contributed by atoms with Crippen molar-refractivity contribution >= 4 is 10.0 Å². The van der Waals surface area contributed by atoms with Crippen LogP contribution in [-0.2, 0) is 10.0 Å². The van der Waals surface area contributed by atoms with E-state index < -0.39 is 10.0 Å². The molecule has 22 heavy (non-hydrogen) atoms. The lowest BCUT2D eigenvalue weighted by Crippen LogP contribution is -2.51. The number of rotatable bonds is 4. The standard InChI is InChI=1S/C15H33NO2S.3CH4/c1-12(13(2,3)4)15(8,9)11-16(14(5,6)7)19(10,17)18;;;/h12H,11H2,1-10H3;3*1H4. The van der Waals surface area contributed by atoms with E-state index in [9.17, 15) is 8.42 Å². The smallest absolute Gasteiger partial charge is 0.211 e. The second-order valence-corrected chi connectivity index (χ2v) is 10.4. The molecule has 0 spiro atoms. The molecule has 0 saturated heterocycles. The Morgan fingerprint density at radius 1 is 0.864 bits per heavy atom. The van der Waals surface area contributed by atoms with Crippen molar-refractivity contribution in [2.45, 2.75) is 90.1 Å². The molecular formula is C18H45NO2S. The van der Waals surface area contributed by atoms with Crippen molar-refractivity contribution in [2.24, 2.45) is 16.7 Å². The van der Waals surface area contributed by atoms with Gasteiger partial charge in [-0.3, -0.25) is 0 Å². The van der Waals surface area contributed by atoms with Crippen LogP contribution in [0.15, 0.2) is 0 Å². The van der Waals surface area contributed by atoms with Crippen LogP contribution < -0.4 is 0 Å². The molecule has 0 aromatic rings. The fourth-order valence-electron chi connectivity index (χ4n) is 2.53. The molecule has 3 nitrogen and oxygen atoms in total. The maximum atomic E-state index is 12.1. The maximum Gasteiger partial charge on any atom is 0.211 e. The highest BCUT2D eigenvalue weighted by atomic mass is 32.2. The molecule has 1 atom stereocenters. The predicted molar refractivity (Wildman–Crippen MR) is 104 cm³/mol. The molecular weight excluding hydrogens is 294 g/mol. The van der Waals surface area contributed by atoms with Gasteiger partial charge in [0.05, 0.1) is 6.26 Å². The first-order valence-corrected chi connectivity index (χ1v) is 8.82. The van der Waals surface area contributed by atoms with Gasteiger partial charge in [-0.2, -0.15) is 4.31 Å². The Labute approximate surface area is 142 Å². The van der Waals surface area contributed by atoms with E-state index in [-0.39, 0.29) is 38.6 Å². The molecule has 0 N–H and O–H groups in total. The largest absolute Gasteiger partial charge is 0.212 e. The van der Waals surface area contributed by atoms with E-state index in [0.717, 1.165) is 0 Å². The van der Waals surface area contributed by atoms with Crippen LogP contribution in [0, 0.1) is 16.7 Å². The van der Waals surface area contributed by atoms with E-state index in [2.05, 4.69) is 41.5 Å². The molecule has 140 valence electrons. The van der Waals surface area contributed by atoms with Gasteiger partial charge in [-0.05, 0) is 37.5 Å². The Balaban J connectivity index is -0.000000540. The Kier molecular flexibility index (Phi) is 11.8. The summed E-state index contributed by atoms with van der Waals surface area (Å²) in [6, 6.07) is 0. The summed E-state index contributed by atoms with van der Waals surface area (Å²) in [5.74, 6) is 0.409. The van der Waals surface area contributed by atoms with Crippen LogP contribution in [0.2, 0.25) is 0 Å². The summed E-state index contributed by atoms with van der Waals surface area (Å²) in [5.41, 5.74) is -0.304. The third-order valence-electron chi connectivity index (χ3n) is 4.17. The summed E-state index contributed by atoms with van der Waals surface area (Å²) in [6.07, 6.45) is 1.30. The summed E-state index contributed by atoms with van der Waals surface area (Å²) in [7, 11) is -3.20. The summed E-state index contributed by atoms with van der Waals surface area (Å²) < 4.78 is 25.7. The third-order valence-corrected chi connectivity index (χ3v) is 5.65. The lowest BCUT2D eigenvalue weighted by Gasteiger charge is -2.45. The highest BCUT2D eigenvalue weighted by molar-refractivity contribution is 7.88. The van der Waals surface area contributed by atoms with Crippen LogP contribution in [0.1, 0.15) is 84.6 Å².